The first-order chi connectivity index (χ1) is 13.5. The highest BCUT2D eigenvalue weighted by Gasteiger charge is 2.18. The van der Waals surface area contributed by atoms with E-state index in [1.165, 1.54) is 0 Å². The molecule has 0 atom stereocenters. The molecular weight excluding hydrogens is 467 g/mol. The average Bonchev–Trinajstić information content (AvgIpc) is 2.71. The van der Waals surface area contributed by atoms with Gasteiger partial charge in [0.05, 0.1) is 11.2 Å². The number of fused-ring (bicyclic) bond motifs is 1. The fraction of sp³-hybridized carbons (Fsp3) is 0. The number of carboxylic acid groups (broad SMARTS) is 1. The van der Waals surface area contributed by atoms with Gasteiger partial charge in [-0.3, -0.25) is 0 Å². The highest BCUT2D eigenvalue weighted by molar-refractivity contribution is 14.1. The molecule has 0 bridgehead atoms. The maximum Gasteiger partial charge on any atom is 0.511 e. The largest absolute Gasteiger partial charge is 0.511 e. The molecule has 0 aliphatic heterocycles. The fourth-order valence-corrected chi connectivity index (χ4v) is 3.58. The van der Waals surface area contributed by atoms with Crippen molar-refractivity contribution < 1.29 is 14.6 Å². The summed E-state index contributed by atoms with van der Waals surface area (Å²) < 4.78 is 5.95. The minimum atomic E-state index is -1.41. The Kier molecular flexibility index (Phi) is 4.87. The number of hydrogen-bond acceptors (Lipinski definition) is 4. The average molecular weight is 482 g/mol. The van der Waals surface area contributed by atoms with Gasteiger partial charge in [-0.05, 0) is 51.9 Å². The van der Waals surface area contributed by atoms with Crippen molar-refractivity contribution in [3.8, 4) is 28.1 Å². The lowest BCUT2D eigenvalue weighted by atomic mass is 10.0. The van der Waals surface area contributed by atoms with E-state index in [1.54, 1.807) is 6.07 Å². The van der Waals surface area contributed by atoms with Crippen LogP contribution in [0.5, 0.6) is 5.75 Å². The summed E-state index contributed by atoms with van der Waals surface area (Å²) in [6, 6.07) is 23.4. The van der Waals surface area contributed by atoms with Gasteiger partial charge in [-0.15, -0.1) is 0 Å². The number of ether oxygens (including phenoxy) is 1. The Morgan fingerprint density at radius 2 is 1.57 bits per heavy atom. The molecule has 5 nitrogen and oxygen atoms in total. The summed E-state index contributed by atoms with van der Waals surface area (Å²) in [6.45, 7) is 0. The van der Waals surface area contributed by atoms with Crippen molar-refractivity contribution in [2.75, 3.05) is 5.73 Å². The second-order valence-corrected chi connectivity index (χ2v) is 7.42. The van der Waals surface area contributed by atoms with Crippen molar-refractivity contribution in [2.24, 2.45) is 0 Å². The molecule has 28 heavy (non-hydrogen) atoms. The molecule has 1 aromatic heterocycles. The van der Waals surface area contributed by atoms with E-state index in [-0.39, 0.29) is 11.4 Å². The highest BCUT2D eigenvalue weighted by Crippen LogP contribution is 2.39. The Balaban J connectivity index is 1.85. The van der Waals surface area contributed by atoms with Crippen LogP contribution >= 0.6 is 22.6 Å². The second-order valence-electron chi connectivity index (χ2n) is 6.18. The van der Waals surface area contributed by atoms with E-state index >= 15 is 0 Å². The number of pyridine rings is 1. The van der Waals surface area contributed by atoms with E-state index < -0.39 is 6.16 Å². The van der Waals surface area contributed by atoms with E-state index in [0.717, 1.165) is 20.3 Å². The van der Waals surface area contributed by atoms with Crippen molar-refractivity contribution in [1.82, 2.24) is 4.98 Å². The first-order valence-electron chi connectivity index (χ1n) is 8.48. The number of nitrogens with two attached hydrogens (primary N) is 1. The SMILES string of the molecule is Nc1c(-c2ccc(-c3ccccc3)cc2)nc2ccc(I)cc2c1OC(=O)O. The maximum absolute atomic E-state index is 11.2. The van der Waals surface area contributed by atoms with Gasteiger partial charge < -0.3 is 15.6 Å². The van der Waals surface area contributed by atoms with Crippen molar-refractivity contribution in [2.45, 2.75) is 0 Å². The van der Waals surface area contributed by atoms with Gasteiger partial charge in [0.2, 0.25) is 0 Å². The van der Waals surface area contributed by atoms with Crippen LogP contribution in [-0.2, 0) is 0 Å². The van der Waals surface area contributed by atoms with Crippen molar-refractivity contribution >= 4 is 45.3 Å². The van der Waals surface area contributed by atoms with Crippen molar-refractivity contribution in [3.05, 3.63) is 76.4 Å². The maximum atomic E-state index is 11.2. The van der Waals surface area contributed by atoms with Gasteiger partial charge in [0, 0.05) is 14.5 Å². The molecule has 1 heterocycles. The Hall–Kier alpha value is -3.13. The van der Waals surface area contributed by atoms with Gasteiger partial charge in [0.25, 0.3) is 0 Å². The van der Waals surface area contributed by atoms with E-state index in [1.807, 2.05) is 66.7 Å². The molecule has 0 unspecified atom stereocenters. The standard InChI is InChI=1S/C22H15IN2O3/c23-16-10-11-18-17(12-16)21(28-22(26)27)19(24)20(25-18)15-8-6-14(7-9-15)13-4-2-1-3-5-13/h1-12H,24H2,(H,26,27). The number of halogens is 1. The van der Waals surface area contributed by atoms with Crippen LogP contribution < -0.4 is 10.5 Å². The smallest absolute Gasteiger partial charge is 0.449 e. The Labute approximate surface area is 174 Å². The quantitative estimate of drug-likeness (QED) is 0.284. The zero-order valence-electron chi connectivity index (χ0n) is 14.6. The summed E-state index contributed by atoms with van der Waals surface area (Å²) in [5.41, 5.74) is 10.5. The molecule has 0 radical (unpaired) electrons. The topological polar surface area (TPSA) is 85.4 Å². The van der Waals surface area contributed by atoms with E-state index in [4.69, 9.17) is 15.6 Å². The van der Waals surface area contributed by atoms with Crippen molar-refractivity contribution in [3.63, 3.8) is 0 Å². The molecule has 4 aromatic rings. The molecule has 0 amide bonds. The minimum absolute atomic E-state index is 0.109. The van der Waals surface area contributed by atoms with Crippen LogP contribution in [0, 0.1) is 3.57 Å². The first kappa shape index (κ1) is 18.2. The number of rotatable bonds is 3. The molecule has 3 aromatic carbocycles. The Bertz CT molecular complexity index is 1180. The molecule has 0 fully saturated rings. The lowest BCUT2D eigenvalue weighted by molar-refractivity contribution is 0.145. The second kappa shape index (κ2) is 7.47. The molecule has 0 saturated carbocycles. The predicted molar refractivity (Wildman–Crippen MR) is 118 cm³/mol. The normalized spacial score (nSPS) is 10.8. The summed E-state index contributed by atoms with van der Waals surface area (Å²) >= 11 is 2.15. The highest BCUT2D eigenvalue weighted by atomic mass is 127. The number of hydrogen-bond donors (Lipinski definition) is 2. The third-order valence-electron chi connectivity index (χ3n) is 4.39. The number of aromatic nitrogens is 1. The molecule has 0 aliphatic rings. The summed E-state index contributed by atoms with van der Waals surface area (Å²) in [7, 11) is 0. The van der Waals surface area contributed by atoms with E-state index in [9.17, 15) is 4.79 Å². The summed E-state index contributed by atoms with van der Waals surface area (Å²) in [5, 5.41) is 9.71. The number of carbonyl (C=O) groups is 1. The molecule has 0 aliphatic carbocycles. The molecule has 4 rings (SSSR count). The number of nitrogens with zero attached hydrogens (tertiary/aromatic N) is 1. The first-order valence-corrected chi connectivity index (χ1v) is 9.56. The molecule has 3 N–H and O–H groups in total. The summed E-state index contributed by atoms with van der Waals surface area (Å²) in [4.78, 5) is 15.9. The molecule has 0 saturated heterocycles. The minimum Gasteiger partial charge on any atom is -0.449 e. The lowest BCUT2D eigenvalue weighted by Gasteiger charge is -2.13. The zero-order chi connectivity index (χ0) is 19.7. The molecule has 0 spiro atoms. The van der Waals surface area contributed by atoms with Gasteiger partial charge in [-0.2, -0.15) is 0 Å². The van der Waals surface area contributed by atoms with Crippen LogP contribution in [0.1, 0.15) is 0 Å². The lowest BCUT2D eigenvalue weighted by Crippen LogP contribution is -2.08. The molecule has 138 valence electrons. The van der Waals surface area contributed by atoms with Crippen LogP contribution in [-0.4, -0.2) is 16.2 Å². The van der Waals surface area contributed by atoms with Crippen LogP contribution in [0.3, 0.4) is 0 Å². The van der Waals surface area contributed by atoms with Crippen LogP contribution in [0.25, 0.3) is 33.3 Å². The number of anilines is 1. The van der Waals surface area contributed by atoms with Crippen LogP contribution in [0.15, 0.2) is 72.8 Å². The van der Waals surface area contributed by atoms with Crippen LogP contribution in [0.4, 0.5) is 10.5 Å². The van der Waals surface area contributed by atoms with Gasteiger partial charge in [-0.25, -0.2) is 9.78 Å². The van der Waals surface area contributed by atoms with E-state index in [2.05, 4.69) is 27.6 Å². The van der Waals surface area contributed by atoms with Gasteiger partial charge in [0.15, 0.2) is 5.75 Å². The summed E-state index contributed by atoms with van der Waals surface area (Å²) in [6.07, 6.45) is -1.41. The zero-order valence-corrected chi connectivity index (χ0v) is 16.8. The third-order valence-corrected chi connectivity index (χ3v) is 5.06. The van der Waals surface area contributed by atoms with Crippen molar-refractivity contribution in [1.29, 1.82) is 0 Å². The monoisotopic (exact) mass is 482 g/mol. The summed E-state index contributed by atoms with van der Waals surface area (Å²) in [5.74, 6) is 0.109. The van der Waals surface area contributed by atoms with Crippen LogP contribution in [0.2, 0.25) is 0 Å². The molecule has 6 heteroatoms. The van der Waals surface area contributed by atoms with Gasteiger partial charge >= 0.3 is 6.16 Å². The Morgan fingerprint density at radius 1 is 0.929 bits per heavy atom. The Morgan fingerprint density at radius 3 is 2.25 bits per heavy atom. The van der Waals surface area contributed by atoms with Gasteiger partial charge in [-0.1, -0.05) is 54.6 Å². The number of nitrogen functional groups attached to an aromatic ring is 1. The third kappa shape index (κ3) is 3.50. The fourth-order valence-electron chi connectivity index (χ4n) is 3.09. The van der Waals surface area contributed by atoms with E-state index in [0.29, 0.717) is 16.6 Å². The molecular formula is C22H15IN2O3. The number of benzene rings is 3. The predicted octanol–water partition coefficient (Wildman–Crippen LogP) is 5.81. The van der Waals surface area contributed by atoms with Gasteiger partial charge in [0.1, 0.15) is 5.69 Å².